The van der Waals surface area contributed by atoms with E-state index in [2.05, 4.69) is 9.73 Å². The Kier molecular flexibility index (Phi) is 8.91. The van der Waals surface area contributed by atoms with Gasteiger partial charge in [0.05, 0.1) is 19.5 Å². The number of hydrogen-bond acceptors (Lipinski definition) is 6. The number of phenols is 1. The molecule has 1 rings (SSSR count). The number of ether oxygens (including phenoxy) is 1. The van der Waals surface area contributed by atoms with Crippen LogP contribution in [-0.4, -0.2) is 29.9 Å². The molecule has 0 bridgehead atoms. The van der Waals surface area contributed by atoms with Crippen molar-refractivity contribution in [3.8, 4) is 5.75 Å². The fourth-order valence-corrected chi connectivity index (χ4v) is 1.47. The van der Waals surface area contributed by atoms with Crippen molar-refractivity contribution in [1.29, 1.82) is 0 Å². The summed E-state index contributed by atoms with van der Waals surface area (Å²) < 4.78 is 4.47. The average molecular weight is 303 g/mol. The number of aromatic hydroxyl groups is 1. The van der Waals surface area contributed by atoms with Crippen LogP contribution in [0, 0.1) is 0 Å². The molecule has 0 fully saturated rings. The number of benzene rings is 1. The van der Waals surface area contributed by atoms with Crippen molar-refractivity contribution in [3.63, 3.8) is 0 Å². The Morgan fingerprint density at radius 1 is 1.35 bits per heavy atom. The molecule has 6 nitrogen and oxygen atoms in total. The molecule has 0 aromatic heterocycles. The number of phenolic OH excluding ortho intramolecular Hbond substituents is 1. The van der Waals surface area contributed by atoms with Crippen LogP contribution in [0.1, 0.15) is 24.9 Å². The molecule has 1 unspecified atom stereocenters. The van der Waals surface area contributed by atoms with E-state index in [1.165, 1.54) is 38.3 Å². The van der Waals surface area contributed by atoms with Gasteiger partial charge in [-0.1, -0.05) is 12.1 Å². The number of rotatable bonds is 5. The maximum Gasteiger partial charge on any atom is 1.00 e. The summed E-state index contributed by atoms with van der Waals surface area (Å²) in [6, 6.07) is 4.37. The van der Waals surface area contributed by atoms with Gasteiger partial charge in [-0.25, -0.2) is 0 Å². The van der Waals surface area contributed by atoms with Crippen LogP contribution in [0.4, 0.5) is 0 Å². The number of carboxylic acid groups (broad SMARTS) is 1. The normalized spacial score (nSPS) is 12.2. The Morgan fingerprint density at radius 3 is 2.35 bits per heavy atom. The molecule has 0 spiro atoms. The van der Waals surface area contributed by atoms with Crippen molar-refractivity contribution in [2.24, 2.45) is 4.99 Å². The summed E-state index contributed by atoms with van der Waals surface area (Å²) in [5.74, 6) is -1.85. The SMILES string of the molecule is COC(=O)CC(C)=NC(C(=O)[O-])c1ccc(O)cc1.[K+]. The van der Waals surface area contributed by atoms with Gasteiger partial charge in [0.1, 0.15) is 11.8 Å². The fourth-order valence-electron chi connectivity index (χ4n) is 1.47. The van der Waals surface area contributed by atoms with Gasteiger partial charge in [0.25, 0.3) is 0 Å². The molecule has 1 aromatic carbocycles. The minimum atomic E-state index is -1.38. The maximum absolute atomic E-state index is 11.1. The molecule has 0 aliphatic carbocycles. The van der Waals surface area contributed by atoms with E-state index in [1.807, 2.05) is 0 Å². The van der Waals surface area contributed by atoms with E-state index in [-0.39, 0.29) is 63.6 Å². The topological polar surface area (TPSA) is 99.0 Å². The van der Waals surface area contributed by atoms with Crippen LogP contribution in [-0.2, 0) is 14.3 Å². The second-order valence-electron chi connectivity index (χ2n) is 3.93. The van der Waals surface area contributed by atoms with Crippen molar-refractivity contribution in [3.05, 3.63) is 29.8 Å². The first kappa shape index (κ1) is 19.3. The first-order valence-electron chi connectivity index (χ1n) is 5.54. The Morgan fingerprint density at radius 2 is 1.90 bits per heavy atom. The summed E-state index contributed by atoms with van der Waals surface area (Å²) in [7, 11) is 1.24. The molecule has 102 valence electrons. The second-order valence-corrected chi connectivity index (χ2v) is 3.93. The first-order valence-corrected chi connectivity index (χ1v) is 5.54. The van der Waals surface area contributed by atoms with Gasteiger partial charge in [0, 0.05) is 5.71 Å². The fraction of sp³-hybridized carbons (Fsp3) is 0.308. The summed E-state index contributed by atoms with van der Waals surface area (Å²) in [4.78, 5) is 26.1. The maximum atomic E-state index is 11.1. The number of carboxylic acids is 1. The van der Waals surface area contributed by atoms with E-state index in [1.54, 1.807) is 0 Å². The largest absolute Gasteiger partial charge is 1.00 e. The molecule has 0 saturated carbocycles. The van der Waals surface area contributed by atoms with Gasteiger partial charge in [-0.15, -0.1) is 0 Å². The Bertz CT molecular complexity index is 498. The minimum Gasteiger partial charge on any atom is -0.547 e. The van der Waals surface area contributed by atoms with E-state index in [0.29, 0.717) is 11.3 Å². The monoisotopic (exact) mass is 303 g/mol. The molecular formula is C13H14KNO5. The van der Waals surface area contributed by atoms with Crippen LogP contribution in [0.3, 0.4) is 0 Å². The summed E-state index contributed by atoms with van der Waals surface area (Å²) in [5.41, 5.74) is 0.691. The van der Waals surface area contributed by atoms with Crippen molar-refractivity contribution in [1.82, 2.24) is 0 Å². The first-order chi connectivity index (χ1) is 8.93. The van der Waals surface area contributed by atoms with E-state index in [4.69, 9.17) is 5.11 Å². The number of aliphatic carboxylic acids is 1. The van der Waals surface area contributed by atoms with Gasteiger partial charge in [-0.2, -0.15) is 0 Å². The van der Waals surface area contributed by atoms with E-state index >= 15 is 0 Å². The Labute approximate surface area is 159 Å². The molecule has 1 N–H and O–H groups in total. The van der Waals surface area contributed by atoms with Crippen LogP contribution in [0.25, 0.3) is 0 Å². The zero-order valence-electron chi connectivity index (χ0n) is 11.6. The predicted octanol–water partition coefficient (Wildman–Crippen LogP) is -2.79. The standard InChI is InChI=1S/C13H15NO5.K/c1-8(7-11(16)19-2)14-12(13(17)18)9-3-5-10(15)6-4-9;/h3-6,12,15H,7H2,1-2H3,(H,17,18);/q;+1/p-1. The van der Waals surface area contributed by atoms with E-state index in [9.17, 15) is 14.7 Å². The number of methoxy groups -OCH3 is 1. The van der Waals surface area contributed by atoms with E-state index in [0.717, 1.165) is 0 Å². The van der Waals surface area contributed by atoms with Crippen LogP contribution >= 0.6 is 0 Å². The smallest absolute Gasteiger partial charge is 0.547 e. The van der Waals surface area contributed by atoms with Crippen molar-refractivity contribution in [2.75, 3.05) is 7.11 Å². The Balaban J connectivity index is 0.00000361. The number of aliphatic imine (C=N–C) groups is 1. The quantitative estimate of drug-likeness (QED) is 0.360. The molecule has 20 heavy (non-hydrogen) atoms. The molecule has 0 saturated heterocycles. The van der Waals surface area contributed by atoms with Gasteiger partial charge in [0.15, 0.2) is 0 Å². The summed E-state index contributed by atoms with van der Waals surface area (Å²) in [5, 5.41) is 20.2. The third kappa shape index (κ3) is 6.15. The average Bonchev–Trinajstić information content (AvgIpc) is 2.36. The number of carbonyl (C=O) groups is 2. The summed E-state index contributed by atoms with van der Waals surface area (Å²) >= 11 is 0. The third-order valence-electron chi connectivity index (χ3n) is 2.41. The predicted molar refractivity (Wildman–Crippen MR) is 65.6 cm³/mol. The second kappa shape index (κ2) is 9.25. The number of esters is 1. The molecule has 1 atom stereocenters. The summed E-state index contributed by atoms with van der Waals surface area (Å²) in [6.07, 6.45) is -0.0850. The number of nitrogens with zero attached hydrogens (tertiary/aromatic N) is 1. The molecule has 0 radical (unpaired) electrons. The third-order valence-corrected chi connectivity index (χ3v) is 2.41. The van der Waals surface area contributed by atoms with Gasteiger partial charge >= 0.3 is 57.4 Å². The van der Waals surface area contributed by atoms with Gasteiger partial charge < -0.3 is 19.7 Å². The zero-order valence-corrected chi connectivity index (χ0v) is 14.7. The summed E-state index contributed by atoms with van der Waals surface area (Å²) in [6.45, 7) is 1.53. The number of carbonyl (C=O) groups excluding carboxylic acids is 2. The Hall–Kier alpha value is -0.734. The van der Waals surface area contributed by atoms with Crippen molar-refractivity contribution in [2.45, 2.75) is 19.4 Å². The molecule has 0 amide bonds. The number of hydrogen-bond donors (Lipinski definition) is 1. The van der Waals surface area contributed by atoms with Crippen molar-refractivity contribution < 1.29 is 75.9 Å². The van der Waals surface area contributed by atoms with Crippen LogP contribution in [0.2, 0.25) is 0 Å². The molecule has 0 aliphatic rings. The molecular weight excluding hydrogens is 289 g/mol. The molecule has 0 aliphatic heterocycles. The van der Waals surface area contributed by atoms with Crippen LogP contribution in [0.15, 0.2) is 29.3 Å². The molecule has 0 heterocycles. The van der Waals surface area contributed by atoms with Crippen molar-refractivity contribution >= 4 is 17.7 Å². The van der Waals surface area contributed by atoms with Crippen LogP contribution in [0.5, 0.6) is 5.75 Å². The molecule has 7 heteroatoms. The minimum absolute atomic E-state index is 0. The van der Waals surface area contributed by atoms with Gasteiger partial charge in [-0.3, -0.25) is 9.79 Å². The van der Waals surface area contributed by atoms with Crippen LogP contribution < -0.4 is 56.5 Å². The van der Waals surface area contributed by atoms with Gasteiger partial charge in [-0.05, 0) is 24.6 Å². The zero-order chi connectivity index (χ0) is 14.4. The molecule has 1 aromatic rings. The van der Waals surface area contributed by atoms with E-state index < -0.39 is 18.0 Å². The van der Waals surface area contributed by atoms with Gasteiger partial charge in [0.2, 0.25) is 0 Å².